The Morgan fingerprint density at radius 3 is 2.40 bits per heavy atom. The van der Waals surface area contributed by atoms with Crippen molar-refractivity contribution in [3.8, 4) is 0 Å². The van der Waals surface area contributed by atoms with E-state index in [1.54, 1.807) is 0 Å². The fourth-order valence-electron chi connectivity index (χ4n) is 2.27. The molecule has 144 valence electrons. The number of carbonyl (C=O) groups is 2. The Hall–Kier alpha value is -1.73. The standard InChI is InChI=1S/C13H22N2O9S/c1-3-25(22,23)15-7-4-9(13(20)21)24-12(10(7)14-6(2)17)11(19)8(18)5-16/h4,7-8,10-12,15-16,18-19H,3,5H2,1-2H3,(H,14,17)(H,20,21)/t7-,8?,10+,11+,12+/m0/s1. The summed E-state index contributed by atoms with van der Waals surface area (Å²) in [6.07, 6.45) is -4.06. The monoisotopic (exact) mass is 382 g/mol. The largest absolute Gasteiger partial charge is 0.478 e. The van der Waals surface area contributed by atoms with Crippen molar-refractivity contribution in [2.24, 2.45) is 0 Å². The lowest BCUT2D eigenvalue weighted by Crippen LogP contribution is -2.63. The van der Waals surface area contributed by atoms with Gasteiger partial charge in [0.2, 0.25) is 21.7 Å². The smallest absolute Gasteiger partial charge is 0.370 e. The second-order valence-corrected chi connectivity index (χ2v) is 7.47. The molecule has 25 heavy (non-hydrogen) atoms. The summed E-state index contributed by atoms with van der Waals surface area (Å²) < 4.78 is 31.0. The molecular formula is C13H22N2O9S. The number of amides is 1. The minimum atomic E-state index is -3.80. The fourth-order valence-corrected chi connectivity index (χ4v) is 3.06. The molecule has 0 aliphatic carbocycles. The summed E-state index contributed by atoms with van der Waals surface area (Å²) in [5.41, 5.74) is 0. The first-order chi connectivity index (χ1) is 11.5. The highest BCUT2D eigenvalue weighted by Crippen LogP contribution is 2.23. The molecule has 0 aromatic rings. The first-order valence-corrected chi connectivity index (χ1v) is 9.03. The normalized spacial score (nSPS) is 26.1. The zero-order valence-electron chi connectivity index (χ0n) is 13.6. The van der Waals surface area contributed by atoms with Crippen LogP contribution >= 0.6 is 0 Å². The molecule has 1 amide bonds. The van der Waals surface area contributed by atoms with Gasteiger partial charge in [-0.2, -0.15) is 0 Å². The number of rotatable bonds is 8. The second kappa shape index (κ2) is 8.58. The van der Waals surface area contributed by atoms with Crippen LogP contribution in [0.5, 0.6) is 0 Å². The molecule has 11 nitrogen and oxygen atoms in total. The van der Waals surface area contributed by atoms with Crippen LogP contribution in [0.3, 0.4) is 0 Å². The Labute approximate surface area is 144 Å². The number of carboxylic acids is 1. The molecule has 0 aromatic heterocycles. The van der Waals surface area contributed by atoms with Crippen molar-refractivity contribution in [3.63, 3.8) is 0 Å². The summed E-state index contributed by atoms with van der Waals surface area (Å²) >= 11 is 0. The molecule has 0 bridgehead atoms. The summed E-state index contributed by atoms with van der Waals surface area (Å²) in [5.74, 6) is -3.10. The molecule has 1 aliphatic rings. The van der Waals surface area contributed by atoms with Crippen molar-refractivity contribution in [1.29, 1.82) is 0 Å². The minimum Gasteiger partial charge on any atom is -0.478 e. The predicted molar refractivity (Wildman–Crippen MR) is 83.7 cm³/mol. The highest BCUT2D eigenvalue weighted by molar-refractivity contribution is 7.89. The second-order valence-electron chi connectivity index (χ2n) is 5.43. The van der Waals surface area contributed by atoms with E-state index in [-0.39, 0.29) is 5.75 Å². The van der Waals surface area contributed by atoms with Crippen LogP contribution in [0.4, 0.5) is 0 Å². The molecule has 1 aliphatic heterocycles. The lowest BCUT2D eigenvalue weighted by molar-refractivity contribution is -0.146. The summed E-state index contributed by atoms with van der Waals surface area (Å²) in [7, 11) is -3.80. The molecule has 0 saturated carbocycles. The molecule has 0 spiro atoms. The van der Waals surface area contributed by atoms with Crippen molar-refractivity contribution in [2.75, 3.05) is 12.4 Å². The number of ether oxygens (including phenoxy) is 1. The molecule has 0 aromatic carbocycles. The van der Waals surface area contributed by atoms with Gasteiger partial charge in [-0.25, -0.2) is 17.9 Å². The molecule has 1 unspecified atom stereocenters. The third-order valence-corrected chi connectivity index (χ3v) is 4.92. The number of aliphatic hydroxyl groups is 3. The maximum absolute atomic E-state index is 11.8. The summed E-state index contributed by atoms with van der Waals surface area (Å²) in [5, 5.41) is 40.2. The number of aliphatic hydroxyl groups excluding tert-OH is 3. The number of carboxylic acid groups (broad SMARTS) is 1. The SMILES string of the molecule is CCS(=O)(=O)N[C@H]1C=C(C(=O)O)O[C@@H]([C@H](O)C(O)CO)[C@@H]1NC(C)=O. The lowest BCUT2D eigenvalue weighted by atomic mass is 9.92. The molecule has 5 atom stereocenters. The summed E-state index contributed by atoms with van der Waals surface area (Å²) in [6.45, 7) is 1.64. The van der Waals surface area contributed by atoms with Gasteiger partial charge in [0.15, 0.2) is 0 Å². The van der Waals surface area contributed by atoms with Crippen molar-refractivity contribution in [1.82, 2.24) is 10.0 Å². The van der Waals surface area contributed by atoms with Crippen LogP contribution in [-0.4, -0.2) is 83.5 Å². The maximum Gasteiger partial charge on any atom is 0.370 e. The van der Waals surface area contributed by atoms with Crippen LogP contribution in [0.2, 0.25) is 0 Å². The third-order valence-electron chi connectivity index (χ3n) is 3.53. The first-order valence-electron chi connectivity index (χ1n) is 7.38. The highest BCUT2D eigenvalue weighted by atomic mass is 32.2. The Kier molecular flexibility index (Phi) is 7.31. The van der Waals surface area contributed by atoms with Gasteiger partial charge in [0, 0.05) is 6.92 Å². The topological polar surface area (TPSA) is 182 Å². The number of nitrogens with one attached hydrogen (secondary N) is 2. The van der Waals surface area contributed by atoms with Gasteiger partial charge in [0.1, 0.15) is 18.3 Å². The summed E-state index contributed by atoms with van der Waals surface area (Å²) in [4.78, 5) is 22.7. The molecule has 1 rings (SSSR count). The van der Waals surface area contributed by atoms with E-state index >= 15 is 0 Å². The van der Waals surface area contributed by atoms with E-state index in [0.717, 1.165) is 13.0 Å². The van der Waals surface area contributed by atoms with Crippen molar-refractivity contribution >= 4 is 21.9 Å². The van der Waals surface area contributed by atoms with Crippen LogP contribution in [0.15, 0.2) is 11.8 Å². The van der Waals surface area contributed by atoms with Gasteiger partial charge in [-0.15, -0.1) is 0 Å². The average molecular weight is 382 g/mol. The molecular weight excluding hydrogens is 360 g/mol. The molecule has 0 fully saturated rings. The zero-order chi connectivity index (χ0) is 19.4. The molecule has 1 heterocycles. The van der Waals surface area contributed by atoms with Crippen LogP contribution in [0.1, 0.15) is 13.8 Å². The van der Waals surface area contributed by atoms with E-state index in [2.05, 4.69) is 10.0 Å². The lowest BCUT2D eigenvalue weighted by Gasteiger charge is -2.39. The van der Waals surface area contributed by atoms with Gasteiger partial charge < -0.3 is 30.5 Å². The van der Waals surface area contributed by atoms with Gasteiger partial charge in [-0.1, -0.05) is 0 Å². The van der Waals surface area contributed by atoms with E-state index in [0.29, 0.717) is 0 Å². The maximum atomic E-state index is 11.8. The zero-order valence-corrected chi connectivity index (χ0v) is 14.4. The third kappa shape index (κ3) is 5.64. The minimum absolute atomic E-state index is 0.306. The summed E-state index contributed by atoms with van der Waals surface area (Å²) in [6, 6.07) is -2.47. The number of hydrogen-bond donors (Lipinski definition) is 6. The molecule has 0 saturated heterocycles. The van der Waals surface area contributed by atoms with E-state index in [1.807, 2.05) is 0 Å². The number of aliphatic carboxylic acids is 1. The van der Waals surface area contributed by atoms with E-state index in [1.165, 1.54) is 6.92 Å². The van der Waals surface area contributed by atoms with Gasteiger partial charge in [0.05, 0.1) is 24.4 Å². The van der Waals surface area contributed by atoms with E-state index in [9.17, 15) is 28.2 Å². The van der Waals surface area contributed by atoms with E-state index < -0.39 is 64.7 Å². The Bertz CT molecular complexity index is 633. The quantitative estimate of drug-likeness (QED) is 0.253. The van der Waals surface area contributed by atoms with Gasteiger partial charge in [-0.05, 0) is 13.0 Å². The Morgan fingerprint density at radius 2 is 1.96 bits per heavy atom. The fraction of sp³-hybridized carbons (Fsp3) is 0.692. The van der Waals surface area contributed by atoms with Crippen LogP contribution in [0.25, 0.3) is 0 Å². The average Bonchev–Trinajstić information content (AvgIpc) is 2.53. The van der Waals surface area contributed by atoms with Crippen LogP contribution in [0, 0.1) is 0 Å². The number of sulfonamides is 1. The number of carbonyl (C=O) groups excluding carboxylic acids is 1. The van der Waals surface area contributed by atoms with Gasteiger partial charge in [-0.3, -0.25) is 4.79 Å². The van der Waals surface area contributed by atoms with Crippen molar-refractivity contribution in [2.45, 2.75) is 44.2 Å². The van der Waals surface area contributed by atoms with Crippen molar-refractivity contribution in [3.05, 3.63) is 11.8 Å². The Morgan fingerprint density at radius 1 is 1.36 bits per heavy atom. The molecule has 12 heteroatoms. The van der Waals surface area contributed by atoms with Gasteiger partial charge >= 0.3 is 5.97 Å². The van der Waals surface area contributed by atoms with E-state index in [4.69, 9.17) is 14.9 Å². The highest BCUT2D eigenvalue weighted by Gasteiger charge is 2.44. The van der Waals surface area contributed by atoms with Crippen LogP contribution in [-0.2, 0) is 24.3 Å². The molecule has 6 N–H and O–H groups in total. The van der Waals surface area contributed by atoms with Crippen LogP contribution < -0.4 is 10.0 Å². The molecule has 0 radical (unpaired) electrons. The number of hydrogen-bond acceptors (Lipinski definition) is 8. The Balaban J connectivity index is 3.32. The van der Waals surface area contributed by atoms with Gasteiger partial charge in [0.25, 0.3) is 0 Å². The predicted octanol–water partition coefficient (Wildman–Crippen LogP) is -3.12. The van der Waals surface area contributed by atoms with Crippen molar-refractivity contribution < 1.29 is 43.2 Å². The first kappa shape index (κ1) is 21.3.